The number of halogens is 2. The topological polar surface area (TPSA) is 46.2 Å². The van der Waals surface area contributed by atoms with Crippen molar-refractivity contribution in [3.8, 4) is 5.75 Å². The van der Waals surface area contributed by atoms with Crippen LogP contribution in [0.25, 0.3) is 0 Å². The van der Waals surface area contributed by atoms with E-state index in [1.165, 1.54) is 6.07 Å². The van der Waals surface area contributed by atoms with Crippen LogP contribution >= 0.6 is 23.2 Å². The van der Waals surface area contributed by atoms with Gasteiger partial charge in [-0.05, 0) is 18.1 Å². The van der Waals surface area contributed by atoms with Crippen molar-refractivity contribution in [3.63, 3.8) is 0 Å². The molecule has 1 rings (SSSR count). The molecule has 0 fully saturated rings. The number of hydrogen-bond acceptors (Lipinski definition) is 2. The number of benzene rings is 1. The molecule has 0 atom stereocenters. The third-order valence-corrected chi connectivity index (χ3v) is 2.41. The van der Waals surface area contributed by atoms with Gasteiger partial charge >= 0.3 is 0 Å². The maximum atomic E-state index is 9.33. The van der Waals surface area contributed by atoms with Crippen LogP contribution in [0.5, 0.6) is 5.75 Å². The molecular weight excluding hydrogens is 197 g/mol. The van der Waals surface area contributed by atoms with E-state index in [0.717, 1.165) is 5.56 Å². The highest BCUT2D eigenvalue weighted by Gasteiger charge is 2.11. The summed E-state index contributed by atoms with van der Waals surface area (Å²) in [7, 11) is 0. The minimum atomic E-state index is -0.0853. The third kappa shape index (κ3) is 1.45. The minimum Gasteiger partial charge on any atom is -0.504 e. The Labute approximate surface area is 80.9 Å². The molecule has 1 aromatic rings. The fourth-order valence-electron chi connectivity index (χ4n) is 0.991. The van der Waals surface area contributed by atoms with Gasteiger partial charge in [-0.15, -0.1) is 0 Å². The molecule has 66 valence electrons. The highest BCUT2D eigenvalue weighted by molar-refractivity contribution is 6.37. The predicted octanol–water partition coefficient (Wildman–Crippen LogP) is 2.84. The number of rotatable bonds is 1. The van der Waals surface area contributed by atoms with E-state index < -0.39 is 0 Å². The Morgan fingerprint density at radius 1 is 1.50 bits per heavy atom. The molecule has 3 N–H and O–H groups in total. The third-order valence-electron chi connectivity index (χ3n) is 1.67. The van der Waals surface area contributed by atoms with Crippen LogP contribution in [-0.2, 0) is 6.42 Å². The van der Waals surface area contributed by atoms with E-state index in [2.05, 4.69) is 0 Å². The molecule has 0 aliphatic heterocycles. The summed E-state index contributed by atoms with van der Waals surface area (Å²) in [4.78, 5) is 0. The van der Waals surface area contributed by atoms with Gasteiger partial charge in [-0.1, -0.05) is 30.1 Å². The summed E-state index contributed by atoms with van der Waals surface area (Å²) < 4.78 is 0. The average Bonchev–Trinajstić information content (AvgIpc) is 2.01. The number of nitrogen functional groups attached to an aromatic ring is 1. The van der Waals surface area contributed by atoms with Crippen LogP contribution in [-0.4, -0.2) is 5.11 Å². The second-order valence-electron chi connectivity index (χ2n) is 2.44. The van der Waals surface area contributed by atoms with Crippen molar-refractivity contribution in [2.24, 2.45) is 0 Å². The molecular formula is C8H9Cl2NO. The van der Waals surface area contributed by atoms with Crippen LogP contribution in [0.1, 0.15) is 12.5 Å². The highest BCUT2D eigenvalue weighted by Crippen LogP contribution is 2.37. The molecule has 2 nitrogen and oxygen atoms in total. The number of anilines is 1. The summed E-state index contributed by atoms with van der Waals surface area (Å²) in [6, 6.07) is 1.50. The zero-order valence-electron chi connectivity index (χ0n) is 6.56. The van der Waals surface area contributed by atoms with Crippen molar-refractivity contribution in [1.82, 2.24) is 0 Å². The monoisotopic (exact) mass is 205 g/mol. The Balaban J connectivity index is 3.40. The van der Waals surface area contributed by atoms with Crippen LogP contribution in [0, 0.1) is 0 Å². The van der Waals surface area contributed by atoms with Crippen LogP contribution in [0.3, 0.4) is 0 Å². The Kier molecular flexibility index (Phi) is 2.70. The number of aromatic hydroxyl groups is 1. The van der Waals surface area contributed by atoms with Gasteiger partial charge in [0.15, 0.2) is 5.75 Å². The van der Waals surface area contributed by atoms with E-state index in [1.54, 1.807) is 0 Å². The Bertz CT molecular complexity index is 312. The van der Waals surface area contributed by atoms with Crippen molar-refractivity contribution in [3.05, 3.63) is 21.7 Å². The second kappa shape index (κ2) is 3.42. The molecule has 0 saturated heterocycles. The minimum absolute atomic E-state index is 0.0853. The van der Waals surface area contributed by atoms with Gasteiger partial charge in [0, 0.05) is 5.02 Å². The molecule has 0 amide bonds. The van der Waals surface area contributed by atoms with Gasteiger partial charge in [-0.3, -0.25) is 0 Å². The molecule has 0 aliphatic carbocycles. The molecule has 1 aromatic carbocycles. The van der Waals surface area contributed by atoms with E-state index in [-0.39, 0.29) is 16.5 Å². The van der Waals surface area contributed by atoms with Crippen LogP contribution in [0.15, 0.2) is 6.07 Å². The molecule has 0 saturated carbocycles. The molecule has 0 spiro atoms. The quantitative estimate of drug-likeness (QED) is 0.548. The standard InChI is InChI=1S/C8H9Cl2NO/c1-2-4-5(9)3-6(11)8(12)7(4)10/h3,12H,2,11H2,1H3. The van der Waals surface area contributed by atoms with E-state index in [0.29, 0.717) is 11.4 Å². The second-order valence-corrected chi connectivity index (χ2v) is 3.23. The predicted molar refractivity (Wildman–Crippen MR) is 51.9 cm³/mol. The molecule has 0 aliphatic rings. The van der Waals surface area contributed by atoms with Gasteiger partial charge in [-0.2, -0.15) is 0 Å². The van der Waals surface area contributed by atoms with Gasteiger partial charge in [0.25, 0.3) is 0 Å². The molecule has 0 heterocycles. The fourth-order valence-corrected chi connectivity index (χ4v) is 1.73. The molecule has 0 bridgehead atoms. The van der Waals surface area contributed by atoms with Gasteiger partial charge in [0.1, 0.15) is 0 Å². The van der Waals surface area contributed by atoms with Crippen molar-refractivity contribution < 1.29 is 5.11 Å². The normalized spacial score (nSPS) is 10.2. The van der Waals surface area contributed by atoms with Gasteiger partial charge in [-0.25, -0.2) is 0 Å². The fraction of sp³-hybridized carbons (Fsp3) is 0.250. The van der Waals surface area contributed by atoms with Crippen LogP contribution < -0.4 is 5.73 Å². The van der Waals surface area contributed by atoms with Crippen LogP contribution in [0.2, 0.25) is 10.0 Å². The zero-order valence-corrected chi connectivity index (χ0v) is 8.08. The summed E-state index contributed by atoms with van der Waals surface area (Å²) in [6.07, 6.45) is 0.672. The average molecular weight is 206 g/mol. The zero-order chi connectivity index (χ0) is 9.30. The largest absolute Gasteiger partial charge is 0.504 e. The first-order chi connectivity index (χ1) is 5.57. The highest BCUT2D eigenvalue weighted by atomic mass is 35.5. The maximum absolute atomic E-state index is 9.33. The first-order valence-corrected chi connectivity index (χ1v) is 4.28. The van der Waals surface area contributed by atoms with Gasteiger partial charge < -0.3 is 10.8 Å². The lowest BCUT2D eigenvalue weighted by molar-refractivity contribution is 0.477. The molecule has 0 radical (unpaired) electrons. The molecule has 12 heavy (non-hydrogen) atoms. The van der Waals surface area contributed by atoms with Gasteiger partial charge in [0.05, 0.1) is 10.7 Å². The number of nitrogens with two attached hydrogens (primary N) is 1. The van der Waals surface area contributed by atoms with Crippen LogP contribution in [0.4, 0.5) is 5.69 Å². The number of phenols is 1. The molecule has 0 aromatic heterocycles. The Morgan fingerprint density at radius 3 is 2.58 bits per heavy atom. The summed E-state index contributed by atoms with van der Waals surface area (Å²) in [5, 5.41) is 10.1. The molecule has 0 unspecified atom stereocenters. The summed E-state index contributed by atoms with van der Waals surface area (Å²) in [5.74, 6) is -0.0853. The van der Waals surface area contributed by atoms with E-state index in [1.807, 2.05) is 6.92 Å². The lowest BCUT2D eigenvalue weighted by Gasteiger charge is -2.08. The summed E-state index contributed by atoms with van der Waals surface area (Å²) in [6.45, 7) is 1.91. The number of hydrogen-bond donors (Lipinski definition) is 2. The molecule has 4 heteroatoms. The SMILES string of the molecule is CCc1c(Cl)cc(N)c(O)c1Cl. The van der Waals surface area contributed by atoms with E-state index >= 15 is 0 Å². The lowest BCUT2D eigenvalue weighted by Crippen LogP contribution is -1.91. The van der Waals surface area contributed by atoms with Gasteiger partial charge in [0.2, 0.25) is 0 Å². The van der Waals surface area contributed by atoms with Crippen molar-refractivity contribution >= 4 is 28.9 Å². The lowest BCUT2D eigenvalue weighted by atomic mass is 10.1. The first-order valence-electron chi connectivity index (χ1n) is 3.53. The van der Waals surface area contributed by atoms with E-state index in [4.69, 9.17) is 28.9 Å². The van der Waals surface area contributed by atoms with Crippen molar-refractivity contribution in [2.75, 3.05) is 5.73 Å². The van der Waals surface area contributed by atoms with Crippen molar-refractivity contribution in [1.29, 1.82) is 0 Å². The van der Waals surface area contributed by atoms with Crippen molar-refractivity contribution in [2.45, 2.75) is 13.3 Å². The number of phenolic OH excluding ortho intramolecular Hbond substituents is 1. The van der Waals surface area contributed by atoms with E-state index in [9.17, 15) is 5.11 Å². The Morgan fingerprint density at radius 2 is 2.08 bits per heavy atom. The maximum Gasteiger partial charge on any atom is 0.157 e. The summed E-state index contributed by atoms with van der Waals surface area (Å²) >= 11 is 11.6. The Hall–Kier alpha value is -0.600. The smallest absolute Gasteiger partial charge is 0.157 e. The summed E-state index contributed by atoms with van der Waals surface area (Å²) in [5.41, 5.74) is 6.36. The first kappa shape index (κ1) is 9.49.